The lowest BCUT2D eigenvalue weighted by molar-refractivity contribution is 0.262. The van der Waals surface area contributed by atoms with E-state index in [1.165, 1.54) is 12.2 Å². The lowest BCUT2D eigenvalue weighted by Gasteiger charge is -2.08. The van der Waals surface area contributed by atoms with Crippen LogP contribution in [-0.2, 0) is 13.0 Å². The quantitative estimate of drug-likeness (QED) is 0.484. The number of hydrogen-bond acceptors (Lipinski definition) is 1. The first-order valence-corrected chi connectivity index (χ1v) is 4.60. The zero-order valence-electron chi connectivity index (χ0n) is 8.53. The molecule has 16 heavy (non-hydrogen) atoms. The summed E-state index contributed by atoms with van der Waals surface area (Å²) in [4.78, 5) is 0. The third-order valence-electron chi connectivity index (χ3n) is 2.16. The SMILES string of the molecule is CC=CCc1c(F)c(F)c(CO)c(F)c1F. The molecule has 0 fully saturated rings. The molecule has 0 spiro atoms. The van der Waals surface area contributed by atoms with Gasteiger partial charge in [-0.15, -0.1) is 0 Å². The molecule has 0 heterocycles. The molecule has 0 aliphatic carbocycles. The summed E-state index contributed by atoms with van der Waals surface area (Å²) in [6.45, 7) is 0.528. The molecule has 88 valence electrons. The van der Waals surface area contributed by atoms with Crippen molar-refractivity contribution in [1.82, 2.24) is 0 Å². The molecule has 0 saturated carbocycles. The highest BCUT2D eigenvalue weighted by Crippen LogP contribution is 2.24. The Morgan fingerprint density at radius 3 is 1.75 bits per heavy atom. The van der Waals surface area contributed by atoms with Gasteiger partial charge in [0.05, 0.1) is 12.2 Å². The Hall–Kier alpha value is -1.36. The van der Waals surface area contributed by atoms with Crippen LogP contribution in [0.3, 0.4) is 0 Å². The van der Waals surface area contributed by atoms with Gasteiger partial charge in [0.1, 0.15) is 0 Å². The topological polar surface area (TPSA) is 20.2 Å². The van der Waals surface area contributed by atoms with Gasteiger partial charge in [0.2, 0.25) is 0 Å². The highest BCUT2D eigenvalue weighted by Gasteiger charge is 2.23. The van der Waals surface area contributed by atoms with Gasteiger partial charge in [-0.3, -0.25) is 0 Å². The van der Waals surface area contributed by atoms with Crippen LogP contribution in [0.2, 0.25) is 0 Å². The van der Waals surface area contributed by atoms with Gasteiger partial charge in [0.15, 0.2) is 23.3 Å². The molecule has 0 aliphatic rings. The maximum atomic E-state index is 13.3. The Labute approximate surface area is 90.0 Å². The van der Waals surface area contributed by atoms with E-state index in [9.17, 15) is 17.6 Å². The van der Waals surface area contributed by atoms with Crippen LogP contribution in [0.15, 0.2) is 12.2 Å². The van der Waals surface area contributed by atoms with Crippen molar-refractivity contribution in [2.75, 3.05) is 0 Å². The molecule has 5 heteroatoms. The highest BCUT2D eigenvalue weighted by molar-refractivity contribution is 5.30. The normalized spacial score (nSPS) is 11.4. The molecule has 1 rings (SSSR count). The molecule has 0 radical (unpaired) electrons. The molecule has 0 saturated heterocycles. The predicted molar refractivity (Wildman–Crippen MR) is 50.7 cm³/mol. The number of hydrogen-bond donors (Lipinski definition) is 1. The van der Waals surface area contributed by atoms with Crippen molar-refractivity contribution in [2.24, 2.45) is 0 Å². The second-order valence-electron chi connectivity index (χ2n) is 3.14. The number of aliphatic hydroxyl groups is 1. The van der Waals surface area contributed by atoms with Gasteiger partial charge in [-0.2, -0.15) is 0 Å². The lowest BCUT2D eigenvalue weighted by atomic mass is 10.1. The fourth-order valence-corrected chi connectivity index (χ4v) is 1.28. The van der Waals surface area contributed by atoms with Crippen molar-refractivity contribution in [2.45, 2.75) is 20.0 Å². The number of halogens is 4. The van der Waals surface area contributed by atoms with Gasteiger partial charge < -0.3 is 5.11 Å². The van der Waals surface area contributed by atoms with Gasteiger partial charge in [0, 0.05) is 5.56 Å². The molecule has 1 aromatic carbocycles. The van der Waals surface area contributed by atoms with Crippen molar-refractivity contribution in [1.29, 1.82) is 0 Å². The smallest absolute Gasteiger partial charge is 0.167 e. The number of rotatable bonds is 3. The number of allylic oxidation sites excluding steroid dienone is 2. The highest BCUT2D eigenvalue weighted by atomic mass is 19.2. The van der Waals surface area contributed by atoms with Crippen LogP contribution >= 0.6 is 0 Å². The maximum absolute atomic E-state index is 13.3. The van der Waals surface area contributed by atoms with Gasteiger partial charge in [-0.1, -0.05) is 12.2 Å². The standard InChI is InChI=1S/C11H10F4O/c1-2-3-4-6-8(12)10(14)7(5-16)11(15)9(6)13/h2-3,16H,4-5H2,1H3. The van der Waals surface area contributed by atoms with Crippen molar-refractivity contribution >= 4 is 0 Å². The number of benzene rings is 1. The van der Waals surface area contributed by atoms with Crippen LogP contribution in [-0.4, -0.2) is 5.11 Å². The molecule has 0 aliphatic heterocycles. The van der Waals surface area contributed by atoms with Crippen molar-refractivity contribution < 1.29 is 22.7 Å². The molecule has 0 bridgehead atoms. The van der Waals surface area contributed by atoms with Gasteiger partial charge in [-0.25, -0.2) is 17.6 Å². The minimum absolute atomic E-state index is 0.242. The molecule has 1 N–H and O–H groups in total. The number of aliphatic hydroxyl groups excluding tert-OH is 1. The summed E-state index contributed by atoms with van der Waals surface area (Å²) in [5.41, 5.74) is -1.66. The Balaban J connectivity index is 3.40. The fraction of sp³-hybridized carbons (Fsp3) is 0.273. The fourth-order valence-electron chi connectivity index (χ4n) is 1.28. The van der Waals surface area contributed by atoms with Gasteiger partial charge >= 0.3 is 0 Å². The summed E-state index contributed by atoms with van der Waals surface area (Å²) >= 11 is 0. The first-order valence-electron chi connectivity index (χ1n) is 4.60. The van der Waals surface area contributed by atoms with E-state index < -0.39 is 41.0 Å². The average molecular weight is 234 g/mol. The maximum Gasteiger partial charge on any atom is 0.167 e. The molecule has 0 atom stereocenters. The second kappa shape index (κ2) is 5.12. The van der Waals surface area contributed by atoms with E-state index in [4.69, 9.17) is 5.11 Å². The molecule has 1 nitrogen and oxygen atoms in total. The van der Waals surface area contributed by atoms with E-state index >= 15 is 0 Å². The summed E-state index contributed by atoms with van der Waals surface area (Å²) in [7, 11) is 0. The summed E-state index contributed by atoms with van der Waals surface area (Å²) < 4.78 is 52.9. The summed E-state index contributed by atoms with van der Waals surface area (Å²) in [5, 5.41) is 8.59. The lowest BCUT2D eigenvalue weighted by Crippen LogP contribution is -2.08. The molecule has 0 amide bonds. The molecular formula is C11H10F4O. The van der Waals surface area contributed by atoms with Crippen LogP contribution in [0.5, 0.6) is 0 Å². The van der Waals surface area contributed by atoms with Crippen molar-refractivity contribution in [3.8, 4) is 0 Å². The van der Waals surface area contributed by atoms with E-state index in [-0.39, 0.29) is 6.42 Å². The van der Waals surface area contributed by atoms with E-state index in [2.05, 4.69) is 0 Å². The van der Waals surface area contributed by atoms with Crippen molar-refractivity contribution in [3.05, 3.63) is 46.5 Å². The Morgan fingerprint density at radius 1 is 0.938 bits per heavy atom. The average Bonchev–Trinajstić information content (AvgIpc) is 2.27. The van der Waals surface area contributed by atoms with E-state index in [1.54, 1.807) is 6.92 Å². The zero-order chi connectivity index (χ0) is 12.3. The summed E-state index contributed by atoms with van der Waals surface area (Å²) in [5.74, 6) is -6.00. The first kappa shape index (κ1) is 12.7. The Morgan fingerprint density at radius 2 is 1.38 bits per heavy atom. The molecule has 1 aromatic rings. The van der Waals surface area contributed by atoms with E-state index in [1.807, 2.05) is 0 Å². The van der Waals surface area contributed by atoms with Crippen LogP contribution in [0, 0.1) is 23.3 Å². The zero-order valence-corrected chi connectivity index (χ0v) is 8.53. The third kappa shape index (κ3) is 2.09. The van der Waals surface area contributed by atoms with Gasteiger partial charge in [-0.05, 0) is 13.3 Å². The molecule has 0 aromatic heterocycles. The Kier molecular flexibility index (Phi) is 4.06. The Bertz CT molecular complexity index is 397. The molecule has 0 unspecified atom stereocenters. The predicted octanol–water partition coefficient (Wildman–Crippen LogP) is 2.85. The van der Waals surface area contributed by atoms with Gasteiger partial charge in [0.25, 0.3) is 0 Å². The summed E-state index contributed by atoms with van der Waals surface area (Å²) in [6, 6.07) is 0. The summed E-state index contributed by atoms with van der Waals surface area (Å²) in [6.07, 6.45) is 2.64. The monoisotopic (exact) mass is 234 g/mol. The molecular weight excluding hydrogens is 224 g/mol. The van der Waals surface area contributed by atoms with Crippen LogP contribution < -0.4 is 0 Å². The van der Waals surface area contributed by atoms with Crippen LogP contribution in [0.4, 0.5) is 17.6 Å². The van der Waals surface area contributed by atoms with E-state index in [0.717, 1.165) is 0 Å². The van der Waals surface area contributed by atoms with Crippen LogP contribution in [0.25, 0.3) is 0 Å². The third-order valence-corrected chi connectivity index (χ3v) is 2.16. The second-order valence-corrected chi connectivity index (χ2v) is 3.14. The minimum atomic E-state index is -1.54. The largest absolute Gasteiger partial charge is 0.391 e. The van der Waals surface area contributed by atoms with Crippen LogP contribution in [0.1, 0.15) is 18.1 Å². The minimum Gasteiger partial charge on any atom is -0.391 e. The van der Waals surface area contributed by atoms with E-state index in [0.29, 0.717) is 0 Å². The first-order chi connectivity index (χ1) is 7.54. The van der Waals surface area contributed by atoms with Crippen molar-refractivity contribution in [3.63, 3.8) is 0 Å².